The summed E-state index contributed by atoms with van der Waals surface area (Å²) in [5.74, 6) is -8.34. The van der Waals surface area contributed by atoms with Crippen molar-refractivity contribution in [3.63, 3.8) is 0 Å². The molecule has 15 nitrogen and oxygen atoms in total. The van der Waals surface area contributed by atoms with E-state index in [0.29, 0.717) is 63.4 Å². The van der Waals surface area contributed by atoms with Crippen molar-refractivity contribution >= 4 is 35.2 Å². The normalized spacial score (nSPS) is 39.1. The highest BCUT2D eigenvalue weighted by Gasteiger charge is 2.53. The van der Waals surface area contributed by atoms with E-state index in [1.54, 1.807) is 41.1 Å². The number of carbonyl (C=O) groups is 6. The van der Waals surface area contributed by atoms with Gasteiger partial charge in [0, 0.05) is 58.5 Å². The molecule has 0 aromatic heterocycles. The number of nitrogens with zero attached hydrogens (tertiary/aromatic N) is 1. The molecule has 0 aromatic carbocycles. The van der Waals surface area contributed by atoms with Crippen molar-refractivity contribution < 1.29 is 67.4 Å². The second kappa shape index (κ2) is 26.9. The van der Waals surface area contributed by atoms with Gasteiger partial charge in [0.2, 0.25) is 5.79 Å². The number of fused-ring (bicyclic) bond motifs is 3. The Morgan fingerprint density at radius 2 is 1.56 bits per heavy atom. The van der Waals surface area contributed by atoms with Crippen LogP contribution in [-0.4, -0.2) is 133 Å². The van der Waals surface area contributed by atoms with Crippen LogP contribution >= 0.6 is 0 Å². The Hall–Kier alpha value is -3.86. The number of Topliss-reactive ketones (excluding diaryl/α,β-unsaturated/α-hetero) is 3. The van der Waals surface area contributed by atoms with Gasteiger partial charge in [-0.3, -0.25) is 24.0 Å². The molecule has 0 radical (unpaired) electrons. The second-order valence-electron chi connectivity index (χ2n) is 21.6. The summed E-state index contributed by atoms with van der Waals surface area (Å²) in [6, 6.07) is -1.16. The molecule has 2 saturated heterocycles. The number of piperidine rings is 1. The van der Waals surface area contributed by atoms with E-state index >= 15 is 0 Å². The Morgan fingerprint density at radius 1 is 0.831 bits per heavy atom. The van der Waals surface area contributed by atoms with Gasteiger partial charge in [0.15, 0.2) is 5.78 Å². The van der Waals surface area contributed by atoms with Crippen molar-refractivity contribution in [3.8, 4) is 0 Å². The summed E-state index contributed by atoms with van der Waals surface area (Å²) in [7, 11) is 4.56. The van der Waals surface area contributed by atoms with Crippen LogP contribution in [0.3, 0.4) is 0 Å². The van der Waals surface area contributed by atoms with Crippen LogP contribution in [0, 0.1) is 41.4 Å². The van der Waals surface area contributed by atoms with E-state index in [1.807, 2.05) is 58.1 Å². The van der Waals surface area contributed by atoms with Gasteiger partial charge in [0.1, 0.15) is 36.2 Å². The molecule has 15 heteroatoms. The number of methoxy groups -OCH3 is 3. The number of esters is 2. The monoisotopic (exact) mass is 996 g/mol. The number of aliphatic hydroxyl groups excluding tert-OH is 1. The van der Waals surface area contributed by atoms with Gasteiger partial charge in [0.05, 0.1) is 24.2 Å². The largest absolute Gasteiger partial charge is 0.460 e. The van der Waals surface area contributed by atoms with E-state index in [0.717, 1.165) is 31.3 Å². The van der Waals surface area contributed by atoms with Crippen molar-refractivity contribution in [2.45, 2.75) is 199 Å². The number of ether oxygens (including phenoxy) is 6. The first-order valence-corrected chi connectivity index (χ1v) is 26.4. The molecule has 2 saturated carbocycles. The molecule has 0 spiro atoms. The molecule has 2 bridgehead atoms. The topological polar surface area (TPSA) is 201 Å². The predicted octanol–water partition coefficient (Wildman–Crippen LogP) is 7.53. The third-order valence-corrected chi connectivity index (χ3v) is 16.2. The summed E-state index contributed by atoms with van der Waals surface area (Å²) in [4.78, 5) is 85.2. The Morgan fingerprint density at radius 3 is 2.23 bits per heavy atom. The lowest BCUT2D eigenvalue weighted by Crippen LogP contribution is -2.61. The lowest BCUT2D eigenvalue weighted by Gasteiger charge is -2.42. The zero-order valence-electron chi connectivity index (χ0n) is 44.2. The highest BCUT2D eigenvalue weighted by atomic mass is 16.6. The minimum absolute atomic E-state index is 0.0115. The number of carbonyl (C=O) groups excluding carboxylic acids is 6. The summed E-state index contributed by atoms with van der Waals surface area (Å²) in [6.07, 6.45) is 14.0. The van der Waals surface area contributed by atoms with Gasteiger partial charge in [-0.1, -0.05) is 77.5 Å². The molecular formula is C56H85NO14. The molecule has 1 amide bonds. The fourth-order valence-electron chi connectivity index (χ4n) is 11.1. The molecule has 3 aliphatic heterocycles. The van der Waals surface area contributed by atoms with Crippen molar-refractivity contribution in [3.05, 3.63) is 47.6 Å². The summed E-state index contributed by atoms with van der Waals surface area (Å²) >= 11 is 0. The maximum atomic E-state index is 14.5. The highest BCUT2D eigenvalue weighted by molar-refractivity contribution is 6.39. The van der Waals surface area contributed by atoms with Gasteiger partial charge in [-0.15, -0.1) is 0 Å². The van der Waals surface area contributed by atoms with Gasteiger partial charge in [-0.25, -0.2) is 4.79 Å². The third kappa shape index (κ3) is 15.1. The predicted molar refractivity (Wildman–Crippen MR) is 266 cm³/mol. The number of aliphatic hydroxyl groups is 2. The molecule has 2 aliphatic carbocycles. The maximum Gasteiger partial charge on any atom is 0.329 e. The molecule has 71 heavy (non-hydrogen) atoms. The average molecular weight is 996 g/mol. The third-order valence-electron chi connectivity index (χ3n) is 16.2. The number of amides is 1. The summed E-state index contributed by atoms with van der Waals surface area (Å²) < 4.78 is 35.8. The first kappa shape index (κ1) is 58.0. The van der Waals surface area contributed by atoms with E-state index in [2.05, 4.69) is 0 Å². The second-order valence-corrected chi connectivity index (χ2v) is 21.6. The van der Waals surface area contributed by atoms with E-state index in [1.165, 1.54) is 12.0 Å². The van der Waals surface area contributed by atoms with E-state index in [-0.39, 0.29) is 72.8 Å². The molecule has 398 valence electrons. The lowest BCUT2D eigenvalue weighted by molar-refractivity contribution is -0.265. The van der Waals surface area contributed by atoms with E-state index in [9.17, 15) is 39.0 Å². The molecule has 5 rings (SSSR count). The lowest BCUT2D eigenvalue weighted by atomic mass is 9.78. The zero-order chi connectivity index (χ0) is 52.2. The molecule has 0 aromatic rings. The van der Waals surface area contributed by atoms with Crippen molar-refractivity contribution in [1.82, 2.24) is 4.90 Å². The standard InChI is InChI=1S/C56H85NO14/c1-33-17-12-11-13-18-34(2)46(66-8)31-42-24-22-39(7)56(65,71-42)52(61)53(62)57-26-15-14-21-43(57)55(64)70-47(32-44(58)35(3)28-38(6)50(60)51(68-10)49(59)37(5)27-33)36(4)29-40-23-25-45(48(30-40)67-9)69-54(63)41-19-16-20-41/h11-13,17-18,28,33,35-37,39-43,45-48,50-51,60,65H,14-16,19-27,29-32H2,1-10H3/b13-11+,17-12+,34-18+,38-28+. The zero-order valence-corrected chi connectivity index (χ0v) is 44.2. The summed E-state index contributed by atoms with van der Waals surface area (Å²) in [6.45, 7) is 12.8. The van der Waals surface area contributed by atoms with Gasteiger partial charge in [0.25, 0.3) is 11.7 Å². The van der Waals surface area contributed by atoms with Crippen LogP contribution in [-0.2, 0) is 57.2 Å². The fraction of sp³-hybridized carbons (Fsp3) is 0.750. The number of ketones is 3. The van der Waals surface area contributed by atoms with E-state index in [4.69, 9.17) is 28.4 Å². The van der Waals surface area contributed by atoms with Gasteiger partial charge in [-0.2, -0.15) is 0 Å². The Labute approximate surface area is 422 Å². The quantitative estimate of drug-likeness (QED) is 0.137. The highest BCUT2D eigenvalue weighted by Crippen LogP contribution is 2.39. The SMILES string of the molecule is COC1CC2CCC(C)C(O)(O2)C(=O)C(=O)N2CCCCC2C(=O)OC(C(C)CC2CCC(OC(=O)C3CCC3)C(OC)C2)CC(=O)C(C)/C=C(\C)C(O)C(OC)C(=O)C(C)CC(C)/C=C/C=C/C=C/1C. The smallest absolute Gasteiger partial charge is 0.329 e. The molecule has 5 aliphatic rings. The average Bonchev–Trinajstić information content (AvgIpc) is 3.32. The van der Waals surface area contributed by atoms with Crippen LogP contribution in [0.25, 0.3) is 0 Å². The minimum Gasteiger partial charge on any atom is -0.460 e. The first-order valence-electron chi connectivity index (χ1n) is 26.4. The number of hydrogen-bond acceptors (Lipinski definition) is 14. The van der Waals surface area contributed by atoms with E-state index < -0.39 is 77.8 Å². The van der Waals surface area contributed by atoms with Crippen LogP contribution in [0.15, 0.2) is 47.6 Å². The maximum absolute atomic E-state index is 14.5. The number of allylic oxidation sites excluding steroid dienone is 6. The van der Waals surface area contributed by atoms with Crippen molar-refractivity contribution in [1.29, 1.82) is 0 Å². The molecule has 2 N–H and O–H groups in total. The first-order chi connectivity index (χ1) is 33.7. The fourth-order valence-corrected chi connectivity index (χ4v) is 11.1. The molecule has 15 atom stereocenters. The molecular weight excluding hydrogens is 911 g/mol. The molecule has 4 fully saturated rings. The van der Waals surface area contributed by atoms with Crippen LogP contribution in [0.5, 0.6) is 0 Å². The number of rotatable bonds is 8. The Kier molecular flexibility index (Phi) is 22.0. The number of cyclic esters (lactones) is 1. The van der Waals surface area contributed by atoms with Gasteiger partial charge in [-0.05, 0) is 120 Å². The van der Waals surface area contributed by atoms with Crippen molar-refractivity contribution in [2.75, 3.05) is 27.9 Å². The molecule has 15 unspecified atom stereocenters. The van der Waals surface area contributed by atoms with Crippen LogP contribution in [0.2, 0.25) is 0 Å². The summed E-state index contributed by atoms with van der Waals surface area (Å²) in [5.41, 5.74) is 1.26. The van der Waals surface area contributed by atoms with Gasteiger partial charge < -0.3 is 43.5 Å². The Balaban J connectivity index is 1.44. The van der Waals surface area contributed by atoms with Crippen molar-refractivity contribution in [2.24, 2.45) is 41.4 Å². The number of hydrogen-bond donors (Lipinski definition) is 2. The molecule has 3 heterocycles. The minimum atomic E-state index is -2.44. The van der Waals surface area contributed by atoms with Gasteiger partial charge >= 0.3 is 11.9 Å². The Bertz CT molecular complexity index is 1970. The van der Waals surface area contributed by atoms with Crippen LogP contribution in [0.4, 0.5) is 0 Å². The van der Waals surface area contributed by atoms with Crippen LogP contribution < -0.4 is 0 Å². The summed E-state index contributed by atoms with van der Waals surface area (Å²) in [5, 5.41) is 23.5. The van der Waals surface area contributed by atoms with Crippen LogP contribution in [0.1, 0.15) is 145 Å².